The van der Waals surface area contributed by atoms with Gasteiger partial charge in [-0.1, -0.05) is 0 Å². The maximum atomic E-state index is 12.2. The fraction of sp³-hybridized carbons (Fsp3) is 0.278. The van der Waals surface area contributed by atoms with Crippen LogP contribution in [0.2, 0.25) is 0 Å². The van der Waals surface area contributed by atoms with Crippen molar-refractivity contribution in [1.82, 2.24) is 14.5 Å². The van der Waals surface area contributed by atoms with Crippen LogP contribution in [0, 0.1) is 6.92 Å². The SMILES string of the molecule is Cc1sc(NC(=O)CCCn2ccnc2)nc1-c1ccc(OC(F)F)cc1. The fourth-order valence-electron chi connectivity index (χ4n) is 2.53. The second-order valence-corrected chi connectivity index (χ2v) is 6.98. The molecule has 1 aromatic carbocycles. The summed E-state index contributed by atoms with van der Waals surface area (Å²) in [5, 5.41) is 3.33. The van der Waals surface area contributed by atoms with Crippen LogP contribution in [0.25, 0.3) is 11.3 Å². The number of aryl methyl sites for hydroxylation is 2. The van der Waals surface area contributed by atoms with E-state index in [1.807, 2.05) is 17.7 Å². The standard InChI is InChI=1S/C18H18F2N4O2S/c1-12-16(13-4-6-14(7-5-13)26-17(19)20)23-18(27-12)22-15(25)3-2-9-24-10-8-21-11-24/h4-8,10-11,17H,2-3,9H2,1H3,(H,22,23,25). The molecule has 9 heteroatoms. The molecule has 0 radical (unpaired) electrons. The summed E-state index contributed by atoms with van der Waals surface area (Å²) < 4.78 is 30.7. The van der Waals surface area contributed by atoms with Gasteiger partial charge in [-0.15, -0.1) is 11.3 Å². The van der Waals surface area contributed by atoms with Crippen molar-refractivity contribution in [3.05, 3.63) is 47.9 Å². The highest BCUT2D eigenvalue weighted by Gasteiger charge is 2.13. The first-order valence-electron chi connectivity index (χ1n) is 8.29. The lowest BCUT2D eigenvalue weighted by atomic mass is 10.1. The minimum atomic E-state index is -2.85. The Hall–Kier alpha value is -2.81. The number of carbonyl (C=O) groups excluding carboxylic acids is 1. The molecule has 2 aromatic heterocycles. The predicted octanol–water partition coefficient (Wildman–Crippen LogP) is 4.34. The number of nitrogens with one attached hydrogen (secondary N) is 1. The topological polar surface area (TPSA) is 69.0 Å². The Bertz CT molecular complexity index is 879. The van der Waals surface area contributed by atoms with Crippen LogP contribution in [0.15, 0.2) is 43.0 Å². The Labute approximate surface area is 158 Å². The highest BCUT2D eigenvalue weighted by atomic mass is 32.1. The number of benzene rings is 1. The maximum Gasteiger partial charge on any atom is 0.387 e. The molecular formula is C18H18F2N4O2S. The number of ether oxygens (including phenoxy) is 1. The summed E-state index contributed by atoms with van der Waals surface area (Å²) in [5.74, 6) is -0.0100. The molecule has 0 saturated carbocycles. The molecule has 0 aliphatic rings. The number of amides is 1. The molecular weight excluding hydrogens is 374 g/mol. The largest absolute Gasteiger partial charge is 0.435 e. The fourth-order valence-corrected chi connectivity index (χ4v) is 3.39. The Morgan fingerprint density at radius 2 is 2.11 bits per heavy atom. The number of rotatable bonds is 8. The van der Waals surface area contributed by atoms with E-state index < -0.39 is 6.61 Å². The van der Waals surface area contributed by atoms with E-state index in [0.717, 1.165) is 17.0 Å². The first kappa shape index (κ1) is 19.0. The third kappa shape index (κ3) is 5.33. The van der Waals surface area contributed by atoms with Crippen molar-refractivity contribution in [3.63, 3.8) is 0 Å². The first-order valence-corrected chi connectivity index (χ1v) is 9.11. The quantitative estimate of drug-likeness (QED) is 0.619. The number of carbonyl (C=O) groups is 1. The van der Waals surface area contributed by atoms with E-state index in [-0.39, 0.29) is 11.7 Å². The summed E-state index contributed by atoms with van der Waals surface area (Å²) in [4.78, 5) is 21.4. The number of aromatic nitrogens is 3. The van der Waals surface area contributed by atoms with Gasteiger partial charge in [-0.2, -0.15) is 8.78 Å². The van der Waals surface area contributed by atoms with Gasteiger partial charge in [-0.25, -0.2) is 9.97 Å². The molecule has 1 amide bonds. The minimum absolute atomic E-state index is 0.0908. The number of anilines is 1. The van der Waals surface area contributed by atoms with Crippen LogP contribution in [0.5, 0.6) is 5.75 Å². The first-order chi connectivity index (χ1) is 13.0. The molecule has 0 unspecified atom stereocenters. The van der Waals surface area contributed by atoms with Gasteiger partial charge in [0, 0.05) is 35.8 Å². The van der Waals surface area contributed by atoms with Crippen LogP contribution >= 0.6 is 11.3 Å². The van der Waals surface area contributed by atoms with Crippen molar-refractivity contribution < 1.29 is 18.3 Å². The monoisotopic (exact) mass is 392 g/mol. The molecule has 0 saturated heterocycles. The minimum Gasteiger partial charge on any atom is -0.435 e. The number of imidazole rings is 1. The van der Waals surface area contributed by atoms with E-state index in [4.69, 9.17) is 0 Å². The molecule has 1 N–H and O–H groups in total. The summed E-state index contributed by atoms with van der Waals surface area (Å²) in [6, 6.07) is 6.26. The Morgan fingerprint density at radius 1 is 1.33 bits per heavy atom. The molecule has 0 fully saturated rings. The number of hydrogen-bond donors (Lipinski definition) is 1. The molecule has 3 rings (SSSR count). The molecule has 3 aromatic rings. The normalized spacial score (nSPS) is 11.0. The number of thiazole rings is 1. The van der Waals surface area contributed by atoms with Gasteiger partial charge >= 0.3 is 6.61 Å². The number of halogens is 2. The number of alkyl halides is 2. The summed E-state index contributed by atoms with van der Waals surface area (Å²) in [6.45, 7) is -0.235. The molecule has 0 bridgehead atoms. The zero-order valence-electron chi connectivity index (χ0n) is 14.6. The Kier molecular flexibility index (Phi) is 6.12. The van der Waals surface area contributed by atoms with Gasteiger partial charge < -0.3 is 14.6 Å². The Balaban J connectivity index is 1.57. The van der Waals surface area contributed by atoms with Crippen molar-refractivity contribution >= 4 is 22.4 Å². The molecule has 27 heavy (non-hydrogen) atoms. The van der Waals surface area contributed by atoms with Gasteiger partial charge in [0.1, 0.15) is 5.75 Å². The van der Waals surface area contributed by atoms with Crippen molar-refractivity contribution in [3.8, 4) is 17.0 Å². The van der Waals surface area contributed by atoms with Crippen molar-refractivity contribution in [2.75, 3.05) is 5.32 Å². The van der Waals surface area contributed by atoms with Crippen LogP contribution in [-0.2, 0) is 11.3 Å². The molecule has 2 heterocycles. The predicted molar refractivity (Wildman–Crippen MR) is 99.0 cm³/mol. The van der Waals surface area contributed by atoms with E-state index in [9.17, 15) is 13.6 Å². The van der Waals surface area contributed by atoms with Gasteiger partial charge in [-0.05, 0) is 37.6 Å². The summed E-state index contributed by atoms with van der Waals surface area (Å²) in [5.41, 5.74) is 1.48. The Morgan fingerprint density at radius 3 is 2.78 bits per heavy atom. The average molecular weight is 392 g/mol. The van der Waals surface area contributed by atoms with E-state index in [1.165, 1.54) is 23.5 Å². The lowest BCUT2D eigenvalue weighted by Gasteiger charge is -2.05. The average Bonchev–Trinajstić information content (AvgIpc) is 3.25. The second kappa shape index (κ2) is 8.72. The van der Waals surface area contributed by atoms with Crippen molar-refractivity contribution in [1.29, 1.82) is 0 Å². The lowest BCUT2D eigenvalue weighted by Crippen LogP contribution is -2.12. The van der Waals surface area contributed by atoms with Crippen LogP contribution in [0.3, 0.4) is 0 Å². The van der Waals surface area contributed by atoms with Crippen molar-refractivity contribution in [2.45, 2.75) is 32.9 Å². The van der Waals surface area contributed by atoms with Gasteiger partial charge in [-0.3, -0.25) is 4.79 Å². The third-order valence-corrected chi connectivity index (χ3v) is 4.66. The van der Waals surface area contributed by atoms with E-state index >= 15 is 0 Å². The zero-order chi connectivity index (χ0) is 19.2. The summed E-state index contributed by atoms with van der Waals surface area (Å²) >= 11 is 1.37. The van der Waals surface area contributed by atoms with Gasteiger partial charge in [0.25, 0.3) is 0 Å². The second-order valence-electron chi connectivity index (χ2n) is 5.78. The summed E-state index contributed by atoms with van der Waals surface area (Å²) in [6.07, 6.45) is 6.35. The van der Waals surface area contributed by atoms with Gasteiger partial charge in [0.15, 0.2) is 5.13 Å². The highest BCUT2D eigenvalue weighted by Crippen LogP contribution is 2.31. The lowest BCUT2D eigenvalue weighted by molar-refractivity contribution is -0.116. The maximum absolute atomic E-state index is 12.2. The van der Waals surface area contributed by atoms with E-state index in [0.29, 0.717) is 23.7 Å². The molecule has 0 atom stereocenters. The van der Waals surface area contributed by atoms with Crippen molar-refractivity contribution in [2.24, 2.45) is 0 Å². The summed E-state index contributed by atoms with van der Waals surface area (Å²) in [7, 11) is 0. The van der Waals surface area contributed by atoms with Crippen LogP contribution < -0.4 is 10.1 Å². The smallest absolute Gasteiger partial charge is 0.387 e. The highest BCUT2D eigenvalue weighted by molar-refractivity contribution is 7.16. The third-order valence-electron chi connectivity index (χ3n) is 3.78. The van der Waals surface area contributed by atoms with Crippen LogP contribution in [0.1, 0.15) is 17.7 Å². The van der Waals surface area contributed by atoms with Gasteiger partial charge in [0.2, 0.25) is 5.91 Å². The zero-order valence-corrected chi connectivity index (χ0v) is 15.4. The van der Waals surface area contributed by atoms with E-state index in [1.54, 1.807) is 24.7 Å². The van der Waals surface area contributed by atoms with E-state index in [2.05, 4.69) is 20.0 Å². The van der Waals surface area contributed by atoms with Crippen LogP contribution in [0.4, 0.5) is 13.9 Å². The molecule has 0 aliphatic carbocycles. The molecule has 0 aliphatic heterocycles. The van der Waals surface area contributed by atoms with Gasteiger partial charge in [0.05, 0.1) is 12.0 Å². The molecule has 142 valence electrons. The number of nitrogens with zero attached hydrogens (tertiary/aromatic N) is 3. The van der Waals surface area contributed by atoms with Crippen LogP contribution in [-0.4, -0.2) is 27.1 Å². The number of hydrogen-bond acceptors (Lipinski definition) is 5. The molecule has 0 spiro atoms. The molecule has 6 nitrogen and oxygen atoms in total.